The molecule has 0 heterocycles. The minimum Gasteiger partial charge on any atom is -0.309 e. The van der Waals surface area contributed by atoms with Crippen molar-refractivity contribution in [1.82, 2.24) is 0 Å². The molecule has 0 radical (unpaired) electrons. The third-order valence-corrected chi connectivity index (χ3v) is 10.1. The molecule has 45 heavy (non-hydrogen) atoms. The normalized spacial score (nSPS) is 14.5. The SMILES string of the molecule is Clc1c(N(c2ccccc2)c2ccccc2)cccc1N(c1ccccc1)c1ccc2c(c1)-c1ccccc1C21CCCCC1. The first-order valence-electron chi connectivity index (χ1n) is 16.0. The van der Waals surface area contributed by atoms with Gasteiger partial charge in [-0.1, -0.05) is 122 Å². The van der Waals surface area contributed by atoms with Crippen molar-refractivity contribution in [2.24, 2.45) is 0 Å². The van der Waals surface area contributed by atoms with Crippen LogP contribution in [0.2, 0.25) is 5.02 Å². The van der Waals surface area contributed by atoms with Gasteiger partial charge in [0.05, 0.1) is 16.4 Å². The second-order valence-electron chi connectivity index (χ2n) is 12.2. The molecule has 0 aliphatic heterocycles. The van der Waals surface area contributed by atoms with Gasteiger partial charge in [0.25, 0.3) is 0 Å². The number of benzene rings is 6. The monoisotopic (exact) mass is 602 g/mol. The number of rotatable bonds is 6. The van der Waals surface area contributed by atoms with Crippen LogP contribution in [0.15, 0.2) is 152 Å². The van der Waals surface area contributed by atoms with Crippen molar-refractivity contribution in [3.8, 4) is 11.1 Å². The lowest BCUT2D eigenvalue weighted by Crippen LogP contribution is -2.28. The van der Waals surface area contributed by atoms with Crippen LogP contribution < -0.4 is 9.80 Å². The van der Waals surface area contributed by atoms with Crippen LogP contribution in [0.4, 0.5) is 34.1 Å². The van der Waals surface area contributed by atoms with Gasteiger partial charge in [0, 0.05) is 28.2 Å². The first kappa shape index (κ1) is 27.7. The predicted octanol–water partition coefficient (Wildman–Crippen LogP) is 12.5. The van der Waals surface area contributed by atoms with Gasteiger partial charge in [-0.15, -0.1) is 0 Å². The Balaban J connectivity index is 1.31. The summed E-state index contributed by atoms with van der Waals surface area (Å²) in [6, 6.07) is 54.1. The lowest BCUT2D eigenvalue weighted by atomic mass is 9.68. The maximum Gasteiger partial charge on any atom is 0.0887 e. The van der Waals surface area contributed by atoms with Crippen molar-refractivity contribution in [2.75, 3.05) is 9.80 Å². The van der Waals surface area contributed by atoms with Crippen LogP contribution in [-0.2, 0) is 5.41 Å². The molecule has 0 aromatic heterocycles. The van der Waals surface area contributed by atoms with Crippen molar-refractivity contribution in [2.45, 2.75) is 37.5 Å². The Morgan fingerprint density at radius 3 is 1.49 bits per heavy atom. The molecule has 1 spiro atoms. The summed E-state index contributed by atoms with van der Waals surface area (Å²) in [5.74, 6) is 0. The third kappa shape index (κ3) is 4.72. The molecule has 2 aliphatic carbocycles. The van der Waals surface area contributed by atoms with Crippen LogP contribution in [0.25, 0.3) is 11.1 Å². The molecule has 6 aromatic rings. The van der Waals surface area contributed by atoms with E-state index in [2.05, 4.69) is 149 Å². The summed E-state index contributed by atoms with van der Waals surface area (Å²) in [5, 5.41) is 0.693. The average Bonchev–Trinajstić information content (AvgIpc) is 3.36. The van der Waals surface area contributed by atoms with Crippen molar-refractivity contribution in [3.05, 3.63) is 168 Å². The van der Waals surface area contributed by atoms with Crippen LogP contribution >= 0.6 is 11.6 Å². The van der Waals surface area contributed by atoms with Crippen LogP contribution in [0, 0.1) is 0 Å². The smallest absolute Gasteiger partial charge is 0.0887 e. The van der Waals surface area contributed by atoms with E-state index in [0.717, 1.165) is 34.1 Å². The first-order valence-corrected chi connectivity index (χ1v) is 16.4. The van der Waals surface area contributed by atoms with E-state index in [1.54, 1.807) is 0 Å². The Hall–Kier alpha value is -4.79. The lowest BCUT2D eigenvalue weighted by Gasteiger charge is -2.36. The summed E-state index contributed by atoms with van der Waals surface area (Å²) in [7, 11) is 0. The fourth-order valence-corrected chi connectivity index (χ4v) is 8.02. The summed E-state index contributed by atoms with van der Waals surface area (Å²) < 4.78 is 0. The van der Waals surface area contributed by atoms with E-state index in [4.69, 9.17) is 11.6 Å². The lowest BCUT2D eigenvalue weighted by molar-refractivity contribution is 0.353. The highest BCUT2D eigenvalue weighted by Crippen LogP contribution is 2.57. The van der Waals surface area contributed by atoms with Crippen molar-refractivity contribution in [1.29, 1.82) is 0 Å². The molecule has 3 heteroatoms. The number of para-hydroxylation sites is 3. The molecule has 2 nitrogen and oxygen atoms in total. The number of fused-ring (bicyclic) bond motifs is 5. The molecule has 0 N–H and O–H groups in total. The van der Waals surface area contributed by atoms with E-state index in [1.165, 1.54) is 54.4 Å². The Kier molecular flexibility index (Phi) is 7.16. The first-order chi connectivity index (χ1) is 22.2. The van der Waals surface area contributed by atoms with Crippen molar-refractivity contribution >= 4 is 45.7 Å². The van der Waals surface area contributed by atoms with Crippen LogP contribution in [0.1, 0.15) is 43.2 Å². The fraction of sp³-hybridized carbons (Fsp3) is 0.143. The summed E-state index contributed by atoms with van der Waals surface area (Å²) in [5.41, 5.74) is 12.0. The van der Waals surface area contributed by atoms with Gasteiger partial charge in [0.15, 0.2) is 0 Å². The molecule has 0 unspecified atom stereocenters. The maximum absolute atomic E-state index is 7.53. The highest BCUT2D eigenvalue weighted by atomic mass is 35.5. The number of hydrogen-bond acceptors (Lipinski definition) is 2. The standard InChI is InChI=1S/C42H35ClN2/c43-41-39(44(31-16-5-1-6-17-31)32-18-7-2-8-19-32)24-15-25-40(41)45(33-20-9-3-10-21-33)34-26-27-38-36(30-34)35-22-11-12-23-37(35)42(38)28-13-4-14-29-42/h1-3,5-12,15-27,30H,4,13-14,28-29H2. The number of nitrogens with zero attached hydrogens (tertiary/aromatic N) is 2. The number of halogens is 1. The van der Waals surface area contributed by atoms with E-state index in [0.29, 0.717) is 5.02 Å². The topological polar surface area (TPSA) is 6.48 Å². The average molecular weight is 603 g/mol. The molecular formula is C42H35ClN2. The predicted molar refractivity (Wildman–Crippen MR) is 190 cm³/mol. The summed E-state index contributed by atoms with van der Waals surface area (Å²) in [6.45, 7) is 0. The zero-order valence-corrected chi connectivity index (χ0v) is 26.0. The van der Waals surface area contributed by atoms with Gasteiger partial charge < -0.3 is 9.80 Å². The fourth-order valence-electron chi connectivity index (χ4n) is 7.72. The third-order valence-electron chi connectivity index (χ3n) is 9.70. The van der Waals surface area contributed by atoms with Gasteiger partial charge in [-0.2, -0.15) is 0 Å². The quantitative estimate of drug-likeness (QED) is 0.187. The molecule has 0 bridgehead atoms. The Morgan fingerprint density at radius 2 is 0.911 bits per heavy atom. The molecule has 8 rings (SSSR count). The van der Waals surface area contributed by atoms with Gasteiger partial charge in [0.1, 0.15) is 0 Å². The van der Waals surface area contributed by atoms with Gasteiger partial charge in [-0.3, -0.25) is 0 Å². The van der Waals surface area contributed by atoms with Gasteiger partial charge in [-0.05, 0) is 95.8 Å². The largest absolute Gasteiger partial charge is 0.309 e. The molecule has 0 saturated heterocycles. The Labute approximate surface area is 271 Å². The van der Waals surface area contributed by atoms with Crippen molar-refractivity contribution < 1.29 is 0 Å². The molecule has 1 fully saturated rings. The van der Waals surface area contributed by atoms with E-state index in [-0.39, 0.29) is 5.41 Å². The van der Waals surface area contributed by atoms with Gasteiger partial charge in [-0.25, -0.2) is 0 Å². The van der Waals surface area contributed by atoms with E-state index in [1.807, 2.05) is 12.1 Å². The van der Waals surface area contributed by atoms with E-state index >= 15 is 0 Å². The molecule has 1 saturated carbocycles. The number of anilines is 6. The molecule has 0 atom stereocenters. The summed E-state index contributed by atoms with van der Waals surface area (Å²) >= 11 is 7.53. The van der Waals surface area contributed by atoms with Crippen LogP contribution in [0.5, 0.6) is 0 Å². The zero-order chi connectivity index (χ0) is 30.2. The molecule has 2 aliphatic rings. The van der Waals surface area contributed by atoms with Crippen molar-refractivity contribution in [3.63, 3.8) is 0 Å². The molecular weight excluding hydrogens is 568 g/mol. The summed E-state index contributed by atoms with van der Waals surface area (Å²) in [4.78, 5) is 4.55. The summed E-state index contributed by atoms with van der Waals surface area (Å²) in [6.07, 6.45) is 6.35. The number of hydrogen-bond donors (Lipinski definition) is 0. The minimum atomic E-state index is 0.129. The maximum atomic E-state index is 7.53. The highest BCUT2D eigenvalue weighted by Gasteiger charge is 2.43. The van der Waals surface area contributed by atoms with E-state index < -0.39 is 0 Å². The molecule has 0 amide bonds. The van der Waals surface area contributed by atoms with E-state index in [9.17, 15) is 0 Å². The minimum absolute atomic E-state index is 0.129. The Morgan fingerprint density at radius 1 is 0.422 bits per heavy atom. The van der Waals surface area contributed by atoms with Crippen LogP contribution in [-0.4, -0.2) is 0 Å². The second kappa shape index (κ2) is 11.6. The van der Waals surface area contributed by atoms with Gasteiger partial charge in [0.2, 0.25) is 0 Å². The Bertz CT molecular complexity index is 1910. The van der Waals surface area contributed by atoms with Gasteiger partial charge >= 0.3 is 0 Å². The molecule has 220 valence electrons. The molecule has 6 aromatic carbocycles. The highest BCUT2D eigenvalue weighted by molar-refractivity contribution is 6.36. The van der Waals surface area contributed by atoms with Crippen LogP contribution in [0.3, 0.4) is 0 Å². The zero-order valence-electron chi connectivity index (χ0n) is 25.2. The second-order valence-corrected chi connectivity index (χ2v) is 12.6.